The van der Waals surface area contributed by atoms with Gasteiger partial charge in [-0.1, -0.05) is 23.9 Å². The number of pyridine rings is 1. The first-order chi connectivity index (χ1) is 10.7. The molecule has 0 saturated heterocycles. The van der Waals surface area contributed by atoms with Crippen molar-refractivity contribution in [3.63, 3.8) is 0 Å². The molecule has 0 aliphatic carbocycles. The molecule has 0 atom stereocenters. The van der Waals surface area contributed by atoms with Crippen molar-refractivity contribution in [1.82, 2.24) is 15.2 Å². The number of aromatic nitrogens is 3. The average molecular weight is 312 g/mol. The van der Waals surface area contributed by atoms with E-state index in [-0.39, 0.29) is 5.56 Å². The Bertz CT molecular complexity index is 789. The molecule has 1 aromatic carbocycles. The second-order valence-corrected chi connectivity index (χ2v) is 5.49. The number of anilines is 2. The number of aromatic amines is 1. The highest BCUT2D eigenvalue weighted by Gasteiger charge is 2.07. The number of hydrogen-bond donors (Lipinski definition) is 3. The number of carboxylic acid groups (broad SMARTS) is 1. The molecule has 2 aromatic heterocycles. The van der Waals surface area contributed by atoms with Crippen LogP contribution in [0.25, 0.3) is 0 Å². The van der Waals surface area contributed by atoms with Gasteiger partial charge in [0.2, 0.25) is 0 Å². The standard InChI is InChI=1S/C15H12N4O2S/c20-15(21)10-4-3-5-11(8-10)22-14-9-13(18-19-14)17-12-6-1-2-7-16-12/h1-9H,(H,20,21)(H2,16,17,18,19). The van der Waals surface area contributed by atoms with Crippen LogP contribution in [0.3, 0.4) is 0 Å². The molecule has 110 valence electrons. The van der Waals surface area contributed by atoms with E-state index in [0.717, 1.165) is 21.6 Å². The van der Waals surface area contributed by atoms with Crippen LogP contribution in [0.5, 0.6) is 0 Å². The minimum Gasteiger partial charge on any atom is -0.478 e. The Hall–Kier alpha value is -2.80. The largest absolute Gasteiger partial charge is 0.478 e. The summed E-state index contributed by atoms with van der Waals surface area (Å²) < 4.78 is 0. The van der Waals surface area contributed by atoms with E-state index >= 15 is 0 Å². The lowest BCUT2D eigenvalue weighted by molar-refractivity contribution is 0.0696. The van der Waals surface area contributed by atoms with Crippen molar-refractivity contribution in [3.05, 3.63) is 60.3 Å². The molecule has 0 amide bonds. The van der Waals surface area contributed by atoms with Gasteiger partial charge < -0.3 is 10.4 Å². The van der Waals surface area contributed by atoms with Crippen LogP contribution in [0.4, 0.5) is 11.6 Å². The van der Waals surface area contributed by atoms with Gasteiger partial charge in [0, 0.05) is 17.2 Å². The van der Waals surface area contributed by atoms with Gasteiger partial charge in [-0.3, -0.25) is 5.10 Å². The van der Waals surface area contributed by atoms with Crippen LogP contribution in [0.2, 0.25) is 0 Å². The fraction of sp³-hybridized carbons (Fsp3) is 0. The summed E-state index contributed by atoms with van der Waals surface area (Å²) in [5, 5.41) is 19.9. The Balaban J connectivity index is 1.72. The Morgan fingerprint density at radius 2 is 2.09 bits per heavy atom. The van der Waals surface area contributed by atoms with E-state index in [0.29, 0.717) is 0 Å². The summed E-state index contributed by atoms with van der Waals surface area (Å²) in [7, 11) is 0. The molecule has 0 aliphatic heterocycles. The van der Waals surface area contributed by atoms with Crippen LogP contribution in [0, 0.1) is 0 Å². The lowest BCUT2D eigenvalue weighted by Gasteiger charge is -2.00. The van der Waals surface area contributed by atoms with Crippen LogP contribution in [-0.2, 0) is 0 Å². The Morgan fingerprint density at radius 3 is 2.86 bits per heavy atom. The van der Waals surface area contributed by atoms with Gasteiger partial charge in [0.25, 0.3) is 0 Å². The summed E-state index contributed by atoms with van der Waals surface area (Å²) in [6, 6.07) is 14.2. The van der Waals surface area contributed by atoms with E-state index in [1.807, 2.05) is 30.3 Å². The van der Waals surface area contributed by atoms with Crippen molar-refractivity contribution < 1.29 is 9.90 Å². The van der Waals surface area contributed by atoms with Crippen LogP contribution in [0.15, 0.2) is 64.6 Å². The van der Waals surface area contributed by atoms with Crippen molar-refractivity contribution in [1.29, 1.82) is 0 Å². The molecule has 6 nitrogen and oxygen atoms in total. The number of H-pyrrole nitrogens is 1. The molecule has 0 radical (unpaired) electrons. The number of carbonyl (C=O) groups is 1. The Morgan fingerprint density at radius 1 is 1.18 bits per heavy atom. The van der Waals surface area contributed by atoms with Crippen molar-refractivity contribution in [3.8, 4) is 0 Å². The molecule has 0 fully saturated rings. The summed E-state index contributed by atoms with van der Waals surface area (Å²) in [4.78, 5) is 15.9. The summed E-state index contributed by atoms with van der Waals surface area (Å²) in [5.74, 6) is 0.494. The van der Waals surface area contributed by atoms with E-state index in [1.165, 1.54) is 11.8 Å². The molecule has 0 unspecified atom stereocenters. The second-order valence-electron chi connectivity index (χ2n) is 4.39. The van der Waals surface area contributed by atoms with Crippen molar-refractivity contribution in [2.45, 2.75) is 9.92 Å². The van der Waals surface area contributed by atoms with Gasteiger partial charge in [0.05, 0.1) is 5.56 Å². The van der Waals surface area contributed by atoms with Gasteiger partial charge in [0.1, 0.15) is 16.7 Å². The van der Waals surface area contributed by atoms with Crippen LogP contribution in [-0.4, -0.2) is 26.3 Å². The zero-order chi connectivity index (χ0) is 15.4. The minimum absolute atomic E-state index is 0.257. The Labute approximate surface area is 130 Å². The van der Waals surface area contributed by atoms with Crippen LogP contribution >= 0.6 is 11.8 Å². The normalized spacial score (nSPS) is 10.4. The van der Waals surface area contributed by atoms with Crippen molar-refractivity contribution >= 4 is 29.4 Å². The highest BCUT2D eigenvalue weighted by atomic mass is 32.2. The Kier molecular flexibility index (Phi) is 4.06. The quantitative estimate of drug-likeness (QED) is 0.669. The molecule has 22 heavy (non-hydrogen) atoms. The number of rotatable bonds is 5. The SMILES string of the molecule is O=C(O)c1cccc(Sc2cc(Nc3ccccn3)[nH]n2)c1. The zero-order valence-corrected chi connectivity index (χ0v) is 12.2. The third-order valence-electron chi connectivity index (χ3n) is 2.79. The van der Waals surface area contributed by atoms with Crippen LogP contribution in [0.1, 0.15) is 10.4 Å². The highest BCUT2D eigenvalue weighted by molar-refractivity contribution is 7.99. The van der Waals surface area contributed by atoms with E-state index in [2.05, 4.69) is 20.5 Å². The van der Waals surface area contributed by atoms with Gasteiger partial charge in [-0.15, -0.1) is 0 Å². The van der Waals surface area contributed by atoms with E-state index in [1.54, 1.807) is 24.4 Å². The van der Waals surface area contributed by atoms with Crippen LogP contribution < -0.4 is 5.32 Å². The van der Waals surface area contributed by atoms with E-state index in [9.17, 15) is 4.79 Å². The van der Waals surface area contributed by atoms with Crippen molar-refractivity contribution in [2.75, 3.05) is 5.32 Å². The predicted molar refractivity (Wildman–Crippen MR) is 83.6 cm³/mol. The summed E-state index contributed by atoms with van der Waals surface area (Å²) in [5.41, 5.74) is 0.257. The lowest BCUT2D eigenvalue weighted by atomic mass is 10.2. The monoisotopic (exact) mass is 312 g/mol. The topological polar surface area (TPSA) is 90.9 Å². The van der Waals surface area contributed by atoms with E-state index in [4.69, 9.17) is 5.11 Å². The number of aromatic carboxylic acids is 1. The molecular weight excluding hydrogens is 300 g/mol. The summed E-state index contributed by atoms with van der Waals surface area (Å²) >= 11 is 1.38. The van der Waals surface area contributed by atoms with Crippen molar-refractivity contribution in [2.24, 2.45) is 0 Å². The molecule has 3 rings (SSSR count). The first-order valence-corrected chi connectivity index (χ1v) is 7.27. The first-order valence-electron chi connectivity index (χ1n) is 6.45. The molecule has 0 aliphatic rings. The maximum Gasteiger partial charge on any atom is 0.335 e. The fourth-order valence-corrected chi connectivity index (χ4v) is 2.65. The van der Waals surface area contributed by atoms with E-state index < -0.39 is 5.97 Å². The smallest absolute Gasteiger partial charge is 0.335 e. The first kappa shape index (κ1) is 14.2. The molecule has 0 spiro atoms. The lowest BCUT2D eigenvalue weighted by Crippen LogP contribution is -1.95. The second kappa shape index (κ2) is 6.31. The minimum atomic E-state index is -0.943. The molecular formula is C15H12N4O2S. The third-order valence-corrected chi connectivity index (χ3v) is 3.69. The highest BCUT2D eigenvalue weighted by Crippen LogP contribution is 2.28. The third kappa shape index (κ3) is 3.44. The number of carboxylic acids is 1. The average Bonchev–Trinajstić information content (AvgIpc) is 2.95. The van der Waals surface area contributed by atoms with Gasteiger partial charge in [-0.25, -0.2) is 9.78 Å². The predicted octanol–water partition coefficient (Wildman–Crippen LogP) is 3.40. The number of nitrogens with zero attached hydrogens (tertiary/aromatic N) is 2. The maximum absolute atomic E-state index is 11.0. The molecule has 3 aromatic rings. The zero-order valence-electron chi connectivity index (χ0n) is 11.4. The number of hydrogen-bond acceptors (Lipinski definition) is 5. The molecule has 7 heteroatoms. The maximum atomic E-state index is 11.0. The number of nitrogens with one attached hydrogen (secondary N) is 2. The molecule has 3 N–H and O–H groups in total. The van der Waals surface area contributed by atoms with Gasteiger partial charge in [0.15, 0.2) is 0 Å². The van der Waals surface area contributed by atoms with Gasteiger partial charge in [-0.05, 0) is 30.3 Å². The summed E-state index contributed by atoms with van der Waals surface area (Å²) in [6.07, 6.45) is 1.70. The molecule has 2 heterocycles. The number of benzene rings is 1. The fourth-order valence-electron chi connectivity index (χ4n) is 1.81. The van der Waals surface area contributed by atoms with Gasteiger partial charge >= 0.3 is 5.97 Å². The molecule has 0 saturated carbocycles. The summed E-state index contributed by atoms with van der Waals surface area (Å²) in [6.45, 7) is 0. The van der Waals surface area contributed by atoms with Gasteiger partial charge in [-0.2, -0.15) is 5.10 Å². The molecule has 0 bridgehead atoms.